The number of nitrogens with zero attached hydrogens (tertiary/aromatic N) is 1. The lowest BCUT2D eigenvalue weighted by atomic mass is 10.0. The smallest absolute Gasteiger partial charge is 0.312 e. The Bertz CT molecular complexity index is 279. The van der Waals surface area contributed by atoms with Crippen LogP contribution in [0.5, 0.6) is 0 Å². The van der Waals surface area contributed by atoms with Gasteiger partial charge in [0.15, 0.2) is 0 Å². The van der Waals surface area contributed by atoms with Crippen molar-refractivity contribution in [3.8, 4) is 0 Å². The minimum atomic E-state index is -0.838. The number of nitrogens with one attached hydrogen (secondary N) is 1. The third-order valence-electron chi connectivity index (χ3n) is 1.81. The summed E-state index contributed by atoms with van der Waals surface area (Å²) in [5, 5.41) is 12.8. The van der Waals surface area contributed by atoms with Gasteiger partial charge in [-0.15, -0.1) is 0 Å². The minimum absolute atomic E-state index is 0.524. The maximum atomic E-state index is 10.8. The van der Waals surface area contributed by atoms with E-state index in [1.165, 1.54) is 0 Å². The van der Waals surface area contributed by atoms with Crippen molar-refractivity contribution in [3.05, 3.63) is 24.4 Å². The first-order chi connectivity index (χ1) is 6.25. The largest absolute Gasteiger partial charge is 0.481 e. The van der Waals surface area contributed by atoms with Crippen LogP contribution in [0.4, 0.5) is 0 Å². The highest BCUT2D eigenvalue weighted by Gasteiger charge is 2.20. The fourth-order valence-corrected chi connectivity index (χ4v) is 1.11. The number of carboxylic acid groups (broad SMARTS) is 1. The molecule has 0 aromatic carbocycles. The minimum Gasteiger partial charge on any atom is -0.481 e. The van der Waals surface area contributed by atoms with Gasteiger partial charge in [-0.25, -0.2) is 0 Å². The Hall–Kier alpha value is -1.58. The number of carboxylic acids is 1. The number of hydrogen-bond donors (Lipinski definition) is 2. The van der Waals surface area contributed by atoms with E-state index in [-0.39, 0.29) is 0 Å². The molecular formula is C9H12N2O2. The number of hydrogen-bond acceptors (Lipinski definition) is 3. The van der Waals surface area contributed by atoms with Crippen LogP contribution >= 0.6 is 0 Å². The van der Waals surface area contributed by atoms with E-state index in [4.69, 9.17) is 5.11 Å². The van der Waals surface area contributed by atoms with E-state index < -0.39 is 11.9 Å². The number of rotatable bonds is 3. The zero-order chi connectivity index (χ0) is 9.68. The SMILES string of the molecule is CCC(C(=O)O)C1=NNC=CC=C1. The molecule has 0 saturated carbocycles. The lowest BCUT2D eigenvalue weighted by Crippen LogP contribution is -2.22. The van der Waals surface area contributed by atoms with Gasteiger partial charge in [0, 0.05) is 6.20 Å². The average Bonchev–Trinajstić information content (AvgIpc) is 2.33. The lowest BCUT2D eigenvalue weighted by molar-refractivity contribution is -0.139. The molecule has 1 unspecified atom stereocenters. The van der Waals surface area contributed by atoms with Crippen molar-refractivity contribution in [1.82, 2.24) is 5.43 Å². The van der Waals surface area contributed by atoms with Crippen LogP contribution in [0.3, 0.4) is 0 Å². The molecule has 4 nitrogen and oxygen atoms in total. The van der Waals surface area contributed by atoms with E-state index in [0.717, 1.165) is 0 Å². The van der Waals surface area contributed by atoms with Gasteiger partial charge < -0.3 is 5.11 Å². The molecule has 0 radical (unpaired) electrons. The molecule has 0 amide bonds. The molecule has 0 spiro atoms. The summed E-state index contributed by atoms with van der Waals surface area (Å²) >= 11 is 0. The van der Waals surface area contributed by atoms with E-state index in [2.05, 4.69) is 10.5 Å². The Morgan fingerprint density at radius 3 is 3.08 bits per heavy atom. The first-order valence-corrected chi connectivity index (χ1v) is 4.15. The van der Waals surface area contributed by atoms with Crippen LogP contribution in [0.25, 0.3) is 0 Å². The highest BCUT2D eigenvalue weighted by Crippen LogP contribution is 2.08. The number of hydrazone groups is 1. The van der Waals surface area contributed by atoms with Crippen LogP contribution in [0.15, 0.2) is 29.5 Å². The summed E-state index contributed by atoms with van der Waals surface area (Å²) < 4.78 is 0. The van der Waals surface area contributed by atoms with Crippen molar-refractivity contribution in [2.24, 2.45) is 11.0 Å². The summed E-state index contributed by atoms with van der Waals surface area (Å²) in [6, 6.07) is 0. The Labute approximate surface area is 76.6 Å². The molecule has 4 heteroatoms. The summed E-state index contributed by atoms with van der Waals surface area (Å²) in [6.07, 6.45) is 7.44. The summed E-state index contributed by atoms with van der Waals surface area (Å²) in [5.74, 6) is -1.36. The second kappa shape index (κ2) is 4.45. The zero-order valence-corrected chi connectivity index (χ0v) is 7.40. The van der Waals surface area contributed by atoms with E-state index >= 15 is 0 Å². The third-order valence-corrected chi connectivity index (χ3v) is 1.81. The molecule has 0 saturated heterocycles. The van der Waals surface area contributed by atoms with Gasteiger partial charge in [0.2, 0.25) is 0 Å². The summed E-state index contributed by atoms with van der Waals surface area (Å²) in [5.41, 5.74) is 3.20. The van der Waals surface area contributed by atoms with E-state index in [1.807, 2.05) is 6.92 Å². The van der Waals surface area contributed by atoms with E-state index in [1.54, 1.807) is 24.4 Å². The maximum absolute atomic E-state index is 10.8. The maximum Gasteiger partial charge on any atom is 0.312 e. The number of allylic oxidation sites excluding steroid dienone is 3. The third kappa shape index (κ3) is 2.43. The second-order valence-corrected chi connectivity index (χ2v) is 2.68. The first kappa shape index (κ1) is 9.51. The Morgan fingerprint density at radius 1 is 1.69 bits per heavy atom. The van der Waals surface area contributed by atoms with E-state index in [9.17, 15) is 4.79 Å². The molecule has 1 rings (SSSR count). The molecule has 13 heavy (non-hydrogen) atoms. The van der Waals surface area contributed by atoms with E-state index in [0.29, 0.717) is 12.1 Å². The molecular weight excluding hydrogens is 168 g/mol. The van der Waals surface area contributed by atoms with Crippen LogP contribution < -0.4 is 5.43 Å². The fourth-order valence-electron chi connectivity index (χ4n) is 1.11. The standard InChI is InChI=1S/C9H12N2O2/c1-2-7(9(12)13)8-5-3-4-6-10-11-8/h3-7,10H,2H2,1H3,(H,12,13). The van der Waals surface area contributed by atoms with Crippen LogP contribution in [0.2, 0.25) is 0 Å². The van der Waals surface area contributed by atoms with Gasteiger partial charge in [0.25, 0.3) is 0 Å². The molecule has 70 valence electrons. The monoisotopic (exact) mass is 180 g/mol. The summed E-state index contributed by atoms with van der Waals surface area (Å²) in [7, 11) is 0. The van der Waals surface area contributed by atoms with Crippen molar-refractivity contribution in [2.45, 2.75) is 13.3 Å². The quantitative estimate of drug-likeness (QED) is 0.684. The van der Waals surface area contributed by atoms with Gasteiger partial charge in [0.1, 0.15) is 5.92 Å². The molecule has 2 N–H and O–H groups in total. The van der Waals surface area contributed by atoms with Crippen molar-refractivity contribution in [1.29, 1.82) is 0 Å². The Morgan fingerprint density at radius 2 is 2.46 bits per heavy atom. The second-order valence-electron chi connectivity index (χ2n) is 2.68. The fraction of sp³-hybridized carbons (Fsp3) is 0.333. The molecule has 0 fully saturated rings. The molecule has 0 aromatic heterocycles. The molecule has 1 heterocycles. The van der Waals surface area contributed by atoms with Crippen molar-refractivity contribution >= 4 is 11.7 Å². The molecule has 1 atom stereocenters. The van der Waals surface area contributed by atoms with Crippen LogP contribution in [-0.2, 0) is 4.79 Å². The van der Waals surface area contributed by atoms with Crippen molar-refractivity contribution in [2.75, 3.05) is 0 Å². The number of carbonyl (C=O) groups is 1. The van der Waals surface area contributed by atoms with Gasteiger partial charge in [-0.3, -0.25) is 10.2 Å². The molecule has 0 bridgehead atoms. The predicted octanol–water partition coefficient (Wildman–Crippen LogP) is 1.13. The Balaban J connectivity index is 2.79. The number of aliphatic carboxylic acids is 1. The van der Waals surface area contributed by atoms with Crippen molar-refractivity contribution in [3.63, 3.8) is 0 Å². The normalized spacial score (nSPS) is 17.2. The predicted molar refractivity (Wildman–Crippen MR) is 50.3 cm³/mol. The van der Waals surface area contributed by atoms with Gasteiger partial charge in [-0.05, 0) is 18.6 Å². The first-order valence-electron chi connectivity index (χ1n) is 4.15. The lowest BCUT2D eigenvalue weighted by Gasteiger charge is -2.08. The van der Waals surface area contributed by atoms with Gasteiger partial charge in [0.05, 0.1) is 5.71 Å². The van der Waals surface area contributed by atoms with Gasteiger partial charge in [-0.1, -0.05) is 13.0 Å². The van der Waals surface area contributed by atoms with Gasteiger partial charge >= 0.3 is 5.97 Å². The highest BCUT2D eigenvalue weighted by atomic mass is 16.4. The van der Waals surface area contributed by atoms with Crippen LogP contribution in [0, 0.1) is 5.92 Å². The zero-order valence-electron chi connectivity index (χ0n) is 7.40. The molecule has 1 aliphatic heterocycles. The van der Waals surface area contributed by atoms with Crippen LogP contribution in [0.1, 0.15) is 13.3 Å². The van der Waals surface area contributed by atoms with Crippen LogP contribution in [-0.4, -0.2) is 16.8 Å². The van der Waals surface area contributed by atoms with Crippen molar-refractivity contribution < 1.29 is 9.90 Å². The topological polar surface area (TPSA) is 61.7 Å². The van der Waals surface area contributed by atoms with Gasteiger partial charge in [-0.2, -0.15) is 5.10 Å². The molecule has 0 aromatic rings. The summed E-state index contributed by atoms with van der Waals surface area (Å²) in [6.45, 7) is 1.83. The molecule has 0 aliphatic carbocycles. The summed E-state index contributed by atoms with van der Waals surface area (Å²) in [4.78, 5) is 10.8. The highest BCUT2D eigenvalue weighted by molar-refractivity contribution is 6.07. The Kier molecular flexibility index (Phi) is 3.25. The average molecular weight is 180 g/mol. The molecule has 1 aliphatic rings.